The molecule has 0 saturated carbocycles. The van der Waals surface area contributed by atoms with E-state index in [4.69, 9.17) is 9.40 Å². The van der Waals surface area contributed by atoms with E-state index in [1.165, 1.54) is 19.3 Å². The van der Waals surface area contributed by atoms with Crippen LogP contribution in [-0.2, 0) is 0 Å². The van der Waals surface area contributed by atoms with Crippen LogP contribution in [0.15, 0.2) is 22.6 Å². The van der Waals surface area contributed by atoms with Crippen molar-refractivity contribution in [1.29, 1.82) is 0 Å². The van der Waals surface area contributed by atoms with Gasteiger partial charge in [0.2, 0.25) is 0 Å². The summed E-state index contributed by atoms with van der Waals surface area (Å²) in [6.07, 6.45) is 5.72. The van der Waals surface area contributed by atoms with Crippen LogP contribution in [0, 0.1) is 0 Å². The first kappa shape index (κ1) is 23.9. The number of oxazole rings is 1. The molecule has 1 aromatic heterocycles. The summed E-state index contributed by atoms with van der Waals surface area (Å²) in [5.41, 5.74) is 1.77. The fourth-order valence-corrected chi connectivity index (χ4v) is 6.37. The number of rotatable bonds is 3. The van der Waals surface area contributed by atoms with Crippen molar-refractivity contribution >= 4 is 29.1 Å². The number of aromatic nitrogens is 1. The van der Waals surface area contributed by atoms with Gasteiger partial charge in [0.15, 0.2) is 5.58 Å². The first-order valence-corrected chi connectivity index (χ1v) is 12.9. The van der Waals surface area contributed by atoms with Crippen molar-refractivity contribution in [2.45, 2.75) is 76.2 Å². The van der Waals surface area contributed by atoms with Crippen molar-refractivity contribution in [2.75, 3.05) is 39.1 Å². The van der Waals surface area contributed by atoms with E-state index < -0.39 is 0 Å². The minimum absolute atomic E-state index is 0.0120. The minimum Gasteiger partial charge on any atom is -0.423 e. The van der Waals surface area contributed by atoms with Crippen molar-refractivity contribution in [3.63, 3.8) is 0 Å². The maximum Gasteiger partial charge on any atom is 0.319 e. The number of carbonyl (C=O) groups is 2. The second kappa shape index (κ2) is 9.33. The highest BCUT2D eigenvalue weighted by Crippen LogP contribution is 2.33. The summed E-state index contributed by atoms with van der Waals surface area (Å²) in [5.74, 6) is -0.0782. The molecule has 1 aromatic carbocycles. The number of benzene rings is 1. The highest BCUT2D eigenvalue weighted by atomic mass is 16.4. The van der Waals surface area contributed by atoms with Gasteiger partial charge in [-0.1, -0.05) is 12.5 Å². The number of anilines is 1. The number of carbonyl (C=O) groups excluding carboxylic acids is 2. The summed E-state index contributed by atoms with van der Waals surface area (Å²) in [7, 11) is 5.77. The standard InChI is InChI=1S/C26H38N6O3/c1-16-14-31(26(34)29(3)4)15-17(2)32(16)25-28-23-21(10-7-11-22(23)35-25)24(33)27-18-12-19-8-6-9-20(13-18)30(19)5/h7,10-11,16-20H,6,8-9,12-15H2,1-5H3,(H,27,33)/t16-,17-,18?,19?,20?/m0/s1. The maximum absolute atomic E-state index is 13.4. The van der Waals surface area contributed by atoms with Gasteiger partial charge in [0.05, 0.1) is 5.56 Å². The average Bonchev–Trinajstić information content (AvgIpc) is 3.22. The summed E-state index contributed by atoms with van der Waals surface area (Å²) >= 11 is 0. The number of urea groups is 1. The van der Waals surface area contributed by atoms with Crippen LogP contribution in [0.3, 0.4) is 0 Å². The van der Waals surface area contributed by atoms with Crippen LogP contribution in [-0.4, -0.2) is 96.1 Å². The summed E-state index contributed by atoms with van der Waals surface area (Å²) in [5, 5.41) is 3.30. The van der Waals surface area contributed by atoms with Crippen molar-refractivity contribution < 1.29 is 14.0 Å². The number of nitrogens with one attached hydrogen (secondary N) is 1. The largest absolute Gasteiger partial charge is 0.423 e. The topological polar surface area (TPSA) is 85.2 Å². The van der Waals surface area contributed by atoms with E-state index in [2.05, 4.69) is 36.0 Å². The normalized spacial score (nSPS) is 29.3. The highest BCUT2D eigenvalue weighted by molar-refractivity contribution is 6.04. The van der Waals surface area contributed by atoms with Gasteiger partial charge in [-0.25, -0.2) is 4.79 Å². The number of para-hydroxylation sites is 1. The Morgan fingerprint density at radius 1 is 1.09 bits per heavy atom. The third kappa shape index (κ3) is 4.46. The molecule has 0 spiro atoms. The first-order valence-electron chi connectivity index (χ1n) is 12.9. The minimum atomic E-state index is -0.0782. The SMILES string of the molecule is C[C@H]1CN(C(=O)N(C)C)C[C@H](C)N1c1nc2c(C(=O)NC3CC4CCCC(C3)N4C)cccc2o1. The third-order valence-corrected chi connectivity index (χ3v) is 8.12. The van der Waals surface area contributed by atoms with Gasteiger partial charge in [-0.05, 0) is 58.7 Å². The molecular formula is C26H38N6O3. The molecule has 2 aromatic rings. The van der Waals surface area contributed by atoms with Crippen LogP contribution in [0.4, 0.5) is 10.8 Å². The van der Waals surface area contributed by atoms with E-state index in [1.54, 1.807) is 19.0 Å². The van der Waals surface area contributed by atoms with Gasteiger partial charge in [-0.2, -0.15) is 4.98 Å². The molecule has 4 atom stereocenters. The number of hydrogen-bond donors (Lipinski definition) is 1. The molecule has 5 rings (SSSR count). The van der Waals surface area contributed by atoms with Crippen molar-refractivity contribution in [2.24, 2.45) is 0 Å². The molecule has 3 aliphatic rings. The predicted molar refractivity (Wildman–Crippen MR) is 136 cm³/mol. The third-order valence-electron chi connectivity index (χ3n) is 8.12. The smallest absolute Gasteiger partial charge is 0.319 e. The van der Waals surface area contributed by atoms with Crippen LogP contribution in [0.1, 0.15) is 56.3 Å². The Hall–Kier alpha value is -2.81. The monoisotopic (exact) mass is 482 g/mol. The van der Waals surface area contributed by atoms with Crippen molar-refractivity contribution in [3.05, 3.63) is 23.8 Å². The summed E-state index contributed by atoms with van der Waals surface area (Å²) in [6.45, 7) is 5.33. The Bertz CT molecular complexity index is 1070. The van der Waals surface area contributed by atoms with Gasteiger partial charge in [0, 0.05) is 57.4 Å². The van der Waals surface area contributed by atoms with Crippen LogP contribution in [0.5, 0.6) is 0 Å². The number of piperazine rings is 1. The molecule has 0 aliphatic carbocycles. The lowest BCUT2D eigenvalue weighted by Crippen LogP contribution is -2.59. The Labute approximate surface area is 207 Å². The zero-order valence-electron chi connectivity index (χ0n) is 21.5. The molecule has 9 heteroatoms. The lowest BCUT2D eigenvalue weighted by molar-refractivity contribution is 0.0463. The Kier molecular flexibility index (Phi) is 6.38. The van der Waals surface area contributed by atoms with E-state index in [0.29, 0.717) is 47.9 Å². The first-order chi connectivity index (χ1) is 16.7. The van der Waals surface area contributed by atoms with Crippen LogP contribution in [0.2, 0.25) is 0 Å². The molecule has 35 heavy (non-hydrogen) atoms. The second-order valence-electron chi connectivity index (χ2n) is 10.9. The Morgan fingerprint density at radius 2 is 1.74 bits per heavy atom. The molecule has 190 valence electrons. The van der Waals surface area contributed by atoms with E-state index >= 15 is 0 Å². The number of hydrogen-bond acceptors (Lipinski definition) is 6. The fraction of sp³-hybridized carbons (Fsp3) is 0.654. The summed E-state index contributed by atoms with van der Waals surface area (Å²) in [6, 6.07) is 7.45. The molecule has 2 bridgehead atoms. The molecule has 4 heterocycles. The zero-order chi connectivity index (χ0) is 24.9. The maximum atomic E-state index is 13.4. The lowest BCUT2D eigenvalue weighted by atomic mass is 9.82. The van der Waals surface area contributed by atoms with E-state index in [1.807, 2.05) is 23.1 Å². The van der Waals surface area contributed by atoms with Gasteiger partial charge in [-0.15, -0.1) is 0 Å². The van der Waals surface area contributed by atoms with Gasteiger partial charge in [-0.3, -0.25) is 4.79 Å². The molecule has 3 aliphatic heterocycles. The van der Waals surface area contributed by atoms with Crippen LogP contribution in [0.25, 0.3) is 11.1 Å². The lowest BCUT2D eigenvalue weighted by Gasteiger charge is -2.47. The molecule has 2 unspecified atom stereocenters. The average molecular weight is 483 g/mol. The van der Waals surface area contributed by atoms with Crippen LogP contribution >= 0.6 is 0 Å². The highest BCUT2D eigenvalue weighted by Gasteiger charge is 2.38. The number of nitrogens with zero attached hydrogens (tertiary/aromatic N) is 5. The number of fused-ring (bicyclic) bond motifs is 3. The van der Waals surface area contributed by atoms with E-state index in [-0.39, 0.29) is 30.1 Å². The van der Waals surface area contributed by atoms with Gasteiger partial charge in [0.25, 0.3) is 11.9 Å². The fourth-order valence-electron chi connectivity index (χ4n) is 6.37. The van der Waals surface area contributed by atoms with E-state index in [0.717, 1.165) is 12.8 Å². The van der Waals surface area contributed by atoms with Crippen LogP contribution < -0.4 is 10.2 Å². The Morgan fingerprint density at radius 3 is 2.37 bits per heavy atom. The summed E-state index contributed by atoms with van der Waals surface area (Å²) < 4.78 is 6.16. The molecule has 3 amide bonds. The van der Waals surface area contributed by atoms with Gasteiger partial charge < -0.3 is 29.3 Å². The molecule has 3 fully saturated rings. The quantitative estimate of drug-likeness (QED) is 0.724. The zero-order valence-corrected chi connectivity index (χ0v) is 21.5. The van der Waals surface area contributed by atoms with Gasteiger partial charge >= 0.3 is 6.03 Å². The van der Waals surface area contributed by atoms with Gasteiger partial charge in [0.1, 0.15) is 5.52 Å². The molecule has 3 saturated heterocycles. The van der Waals surface area contributed by atoms with Crippen molar-refractivity contribution in [3.8, 4) is 0 Å². The second-order valence-corrected chi connectivity index (χ2v) is 10.9. The van der Waals surface area contributed by atoms with E-state index in [9.17, 15) is 9.59 Å². The number of piperidine rings is 2. The number of amides is 3. The summed E-state index contributed by atoms with van der Waals surface area (Å²) in [4.78, 5) is 38.7. The molecule has 0 radical (unpaired) electrons. The molecular weight excluding hydrogens is 444 g/mol. The molecule has 1 N–H and O–H groups in total. The van der Waals surface area contributed by atoms with Crippen molar-refractivity contribution in [1.82, 2.24) is 25.0 Å². The molecule has 9 nitrogen and oxygen atoms in total. The predicted octanol–water partition coefficient (Wildman–Crippen LogP) is 3.15. The Balaban J connectivity index is 1.34.